The van der Waals surface area contributed by atoms with E-state index in [-0.39, 0.29) is 0 Å². The second-order valence-corrected chi connectivity index (χ2v) is 7.69. The van der Waals surface area contributed by atoms with E-state index in [1.807, 2.05) is 0 Å². The molecule has 100 valence electrons. The summed E-state index contributed by atoms with van der Waals surface area (Å²) in [6.07, 6.45) is 20.9. The van der Waals surface area contributed by atoms with Gasteiger partial charge in [-0.15, -0.1) is 9.24 Å². The molecule has 0 nitrogen and oxygen atoms in total. The van der Waals surface area contributed by atoms with Crippen molar-refractivity contribution in [3.63, 3.8) is 0 Å². The van der Waals surface area contributed by atoms with Crippen molar-refractivity contribution in [3.8, 4) is 0 Å². The maximum absolute atomic E-state index is 3.33. The summed E-state index contributed by atoms with van der Waals surface area (Å²) in [6, 6.07) is 0. The Bertz CT molecular complexity index is 196. The van der Waals surface area contributed by atoms with E-state index < -0.39 is 0 Å². The first-order valence-electron chi connectivity index (χ1n) is 8.10. The van der Waals surface area contributed by atoms with Crippen molar-refractivity contribution in [3.05, 3.63) is 0 Å². The zero-order valence-electron chi connectivity index (χ0n) is 11.6. The van der Waals surface area contributed by atoms with Crippen LogP contribution in [0.1, 0.15) is 89.9 Å². The predicted molar refractivity (Wildman–Crippen MR) is 80.6 cm³/mol. The Hall–Kier alpha value is 0.430. The van der Waals surface area contributed by atoms with Crippen molar-refractivity contribution in [1.29, 1.82) is 0 Å². The fourth-order valence-corrected chi connectivity index (χ4v) is 4.74. The van der Waals surface area contributed by atoms with E-state index in [0.717, 1.165) is 5.92 Å². The van der Waals surface area contributed by atoms with Gasteiger partial charge in [-0.05, 0) is 36.8 Å². The largest absolute Gasteiger partial charge is 0.131 e. The lowest BCUT2D eigenvalue weighted by atomic mass is 9.75. The van der Waals surface area contributed by atoms with Crippen molar-refractivity contribution in [1.82, 2.24) is 0 Å². The minimum atomic E-state index is 0.623. The standard InChI is InChI=1S/C16H31P/c17-16(13-9-5-2-6-10-14-16)15-11-7-3-1-4-8-12-15/h15H,1-14,17H2. The zero-order valence-corrected chi connectivity index (χ0v) is 12.7. The summed E-state index contributed by atoms with van der Waals surface area (Å²) in [5, 5.41) is 0.623. The molecule has 0 saturated heterocycles. The maximum Gasteiger partial charge on any atom is -0.0122 e. The van der Waals surface area contributed by atoms with Crippen molar-refractivity contribution < 1.29 is 0 Å². The van der Waals surface area contributed by atoms with E-state index >= 15 is 0 Å². The number of hydrogen-bond acceptors (Lipinski definition) is 0. The Morgan fingerprint density at radius 3 is 1.53 bits per heavy atom. The van der Waals surface area contributed by atoms with Crippen LogP contribution >= 0.6 is 9.24 Å². The van der Waals surface area contributed by atoms with Gasteiger partial charge in [-0.3, -0.25) is 0 Å². The molecule has 0 aromatic carbocycles. The molecule has 1 atom stereocenters. The lowest BCUT2D eigenvalue weighted by molar-refractivity contribution is 0.252. The first-order valence-corrected chi connectivity index (χ1v) is 8.68. The second kappa shape index (κ2) is 7.13. The van der Waals surface area contributed by atoms with Crippen LogP contribution in [-0.4, -0.2) is 5.16 Å². The molecule has 0 aliphatic heterocycles. The van der Waals surface area contributed by atoms with Gasteiger partial charge in [0.15, 0.2) is 0 Å². The molecule has 0 aromatic rings. The highest BCUT2D eigenvalue weighted by atomic mass is 31.0. The maximum atomic E-state index is 3.33. The third-order valence-electron chi connectivity index (χ3n) is 5.20. The summed E-state index contributed by atoms with van der Waals surface area (Å²) in [7, 11) is 3.33. The van der Waals surface area contributed by atoms with Gasteiger partial charge in [0.25, 0.3) is 0 Å². The van der Waals surface area contributed by atoms with Crippen LogP contribution in [0.5, 0.6) is 0 Å². The molecule has 0 amide bonds. The highest BCUT2D eigenvalue weighted by Crippen LogP contribution is 2.45. The van der Waals surface area contributed by atoms with Gasteiger partial charge < -0.3 is 0 Å². The summed E-state index contributed by atoms with van der Waals surface area (Å²) in [5.74, 6) is 1.02. The van der Waals surface area contributed by atoms with Crippen molar-refractivity contribution in [2.75, 3.05) is 0 Å². The average Bonchev–Trinajstić information content (AvgIpc) is 2.23. The molecule has 0 heterocycles. The summed E-state index contributed by atoms with van der Waals surface area (Å²) in [4.78, 5) is 0. The lowest BCUT2D eigenvalue weighted by Crippen LogP contribution is -2.32. The minimum absolute atomic E-state index is 0.623. The quantitative estimate of drug-likeness (QED) is 0.526. The van der Waals surface area contributed by atoms with E-state index in [1.54, 1.807) is 0 Å². The third kappa shape index (κ3) is 4.23. The Morgan fingerprint density at radius 2 is 1.00 bits per heavy atom. The van der Waals surface area contributed by atoms with Gasteiger partial charge in [0, 0.05) is 0 Å². The van der Waals surface area contributed by atoms with Crippen LogP contribution in [0.2, 0.25) is 0 Å². The van der Waals surface area contributed by atoms with Crippen molar-refractivity contribution in [2.45, 2.75) is 95.0 Å². The van der Waals surface area contributed by atoms with Crippen LogP contribution in [0.25, 0.3) is 0 Å². The monoisotopic (exact) mass is 254 g/mol. The number of hydrogen-bond donors (Lipinski definition) is 0. The average molecular weight is 254 g/mol. The minimum Gasteiger partial charge on any atom is -0.131 e. The van der Waals surface area contributed by atoms with Crippen LogP contribution in [0.15, 0.2) is 0 Å². The fourth-order valence-electron chi connectivity index (χ4n) is 4.00. The van der Waals surface area contributed by atoms with Crippen LogP contribution in [-0.2, 0) is 0 Å². The molecule has 0 radical (unpaired) electrons. The third-order valence-corrected chi connectivity index (χ3v) is 6.25. The van der Waals surface area contributed by atoms with Gasteiger partial charge in [0.2, 0.25) is 0 Å². The van der Waals surface area contributed by atoms with Crippen LogP contribution in [0.4, 0.5) is 0 Å². The fraction of sp³-hybridized carbons (Fsp3) is 1.00. The summed E-state index contributed by atoms with van der Waals surface area (Å²) >= 11 is 0. The summed E-state index contributed by atoms with van der Waals surface area (Å²) < 4.78 is 0. The van der Waals surface area contributed by atoms with E-state index in [0.29, 0.717) is 5.16 Å². The molecule has 2 aliphatic carbocycles. The lowest BCUT2D eigenvalue weighted by Gasteiger charge is -2.40. The highest BCUT2D eigenvalue weighted by molar-refractivity contribution is 7.19. The molecule has 0 bridgehead atoms. The summed E-state index contributed by atoms with van der Waals surface area (Å²) in [5.41, 5.74) is 0. The Balaban J connectivity index is 1.94. The van der Waals surface area contributed by atoms with Gasteiger partial charge in [-0.2, -0.15) is 0 Å². The Kier molecular flexibility index (Phi) is 5.81. The molecule has 2 fully saturated rings. The highest BCUT2D eigenvalue weighted by Gasteiger charge is 2.33. The Morgan fingerprint density at radius 1 is 0.588 bits per heavy atom. The van der Waals surface area contributed by atoms with Crippen LogP contribution in [0.3, 0.4) is 0 Å². The molecule has 0 aromatic heterocycles. The molecule has 2 aliphatic rings. The van der Waals surface area contributed by atoms with Crippen molar-refractivity contribution in [2.24, 2.45) is 5.92 Å². The molecule has 0 spiro atoms. The van der Waals surface area contributed by atoms with Gasteiger partial charge in [-0.1, -0.05) is 64.2 Å². The van der Waals surface area contributed by atoms with E-state index in [2.05, 4.69) is 9.24 Å². The molecule has 2 rings (SSSR count). The molecule has 1 unspecified atom stereocenters. The normalized spacial score (nSPS) is 28.8. The SMILES string of the molecule is PC1(C2CCCCCCC2)CCCCCCC1. The Labute approximate surface area is 111 Å². The predicted octanol–water partition coefficient (Wildman–Crippen LogP) is 5.71. The first kappa shape index (κ1) is 13.9. The van der Waals surface area contributed by atoms with Crippen molar-refractivity contribution >= 4 is 9.24 Å². The molecule has 0 N–H and O–H groups in total. The number of rotatable bonds is 1. The van der Waals surface area contributed by atoms with Gasteiger partial charge >= 0.3 is 0 Å². The molecule has 2 saturated carbocycles. The first-order chi connectivity index (χ1) is 8.31. The molecule has 17 heavy (non-hydrogen) atoms. The van der Waals surface area contributed by atoms with Crippen LogP contribution in [0, 0.1) is 5.92 Å². The van der Waals surface area contributed by atoms with Gasteiger partial charge in [0.05, 0.1) is 0 Å². The van der Waals surface area contributed by atoms with Crippen LogP contribution < -0.4 is 0 Å². The van der Waals surface area contributed by atoms with Gasteiger partial charge in [0.1, 0.15) is 0 Å². The van der Waals surface area contributed by atoms with Gasteiger partial charge in [-0.25, -0.2) is 0 Å². The molecular formula is C16H31P. The summed E-state index contributed by atoms with van der Waals surface area (Å²) in [6.45, 7) is 0. The van der Waals surface area contributed by atoms with E-state index in [4.69, 9.17) is 0 Å². The van der Waals surface area contributed by atoms with E-state index in [9.17, 15) is 0 Å². The molecule has 1 heteroatoms. The van der Waals surface area contributed by atoms with E-state index in [1.165, 1.54) is 89.9 Å². The second-order valence-electron chi connectivity index (χ2n) is 6.54. The molecular weight excluding hydrogens is 223 g/mol. The smallest absolute Gasteiger partial charge is 0.0122 e. The zero-order chi connectivity index (χ0) is 12.0. The topological polar surface area (TPSA) is 0 Å².